The summed E-state index contributed by atoms with van der Waals surface area (Å²) in [7, 11) is 1.51. The van der Waals surface area contributed by atoms with Gasteiger partial charge in [0.05, 0.1) is 12.1 Å². The maximum absolute atomic E-state index is 10.8. The average molecular weight is 258 g/mol. The lowest BCUT2D eigenvalue weighted by Gasteiger charge is -2.16. The van der Waals surface area contributed by atoms with Crippen molar-refractivity contribution in [2.75, 3.05) is 7.11 Å². The summed E-state index contributed by atoms with van der Waals surface area (Å²) in [5.74, 6) is -0.524. The smallest absolute Gasteiger partial charge is 0.320 e. The van der Waals surface area contributed by atoms with Crippen molar-refractivity contribution in [1.29, 1.82) is 0 Å². The van der Waals surface area contributed by atoms with Gasteiger partial charge in [0.1, 0.15) is 11.8 Å². The van der Waals surface area contributed by atoms with Gasteiger partial charge in [-0.25, -0.2) is 0 Å². The first-order chi connectivity index (χ1) is 7.88. The number of aryl methyl sites for hydroxylation is 2. The van der Waals surface area contributed by atoms with Crippen LogP contribution in [-0.4, -0.2) is 24.2 Å². The standard InChI is InChI=1S/C12H16ClNO3/c1-6-4-7(2)10(13)11(17-3)8(6)5-9(14)12(15)16/h4,9H,5,14H2,1-3H3,(H,15,16). The van der Waals surface area contributed by atoms with E-state index in [1.54, 1.807) is 0 Å². The summed E-state index contributed by atoms with van der Waals surface area (Å²) in [6.45, 7) is 3.76. The molecule has 1 rings (SSSR count). The summed E-state index contributed by atoms with van der Waals surface area (Å²) in [5, 5.41) is 9.33. The van der Waals surface area contributed by atoms with Gasteiger partial charge in [-0.2, -0.15) is 0 Å². The highest BCUT2D eigenvalue weighted by Crippen LogP contribution is 2.34. The molecule has 94 valence electrons. The van der Waals surface area contributed by atoms with Crippen molar-refractivity contribution >= 4 is 17.6 Å². The Kier molecular flexibility index (Phi) is 4.37. The molecule has 1 unspecified atom stereocenters. The van der Waals surface area contributed by atoms with Crippen molar-refractivity contribution in [3.05, 3.63) is 27.8 Å². The van der Waals surface area contributed by atoms with E-state index in [2.05, 4.69) is 0 Å². The molecule has 0 aliphatic rings. The summed E-state index contributed by atoms with van der Waals surface area (Å²) >= 11 is 6.12. The lowest BCUT2D eigenvalue weighted by atomic mass is 9.98. The van der Waals surface area contributed by atoms with E-state index < -0.39 is 12.0 Å². The molecular weight excluding hydrogens is 242 g/mol. The molecule has 0 spiro atoms. The maximum Gasteiger partial charge on any atom is 0.320 e. The second-order valence-electron chi connectivity index (χ2n) is 3.99. The van der Waals surface area contributed by atoms with Crippen LogP contribution in [0.5, 0.6) is 5.75 Å². The van der Waals surface area contributed by atoms with Gasteiger partial charge in [-0.3, -0.25) is 4.79 Å². The molecule has 0 bridgehead atoms. The quantitative estimate of drug-likeness (QED) is 0.864. The van der Waals surface area contributed by atoms with Crippen molar-refractivity contribution < 1.29 is 14.6 Å². The van der Waals surface area contributed by atoms with Crippen LogP contribution in [0.2, 0.25) is 5.02 Å². The Bertz CT molecular complexity index is 446. The molecule has 0 saturated heterocycles. The fourth-order valence-electron chi connectivity index (χ4n) is 1.74. The molecule has 0 radical (unpaired) electrons. The normalized spacial score (nSPS) is 12.3. The molecule has 3 N–H and O–H groups in total. The molecule has 0 heterocycles. The molecule has 17 heavy (non-hydrogen) atoms. The first-order valence-electron chi connectivity index (χ1n) is 5.19. The number of methoxy groups -OCH3 is 1. The summed E-state index contributed by atoms with van der Waals surface area (Å²) in [5.41, 5.74) is 8.11. The van der Waals surface area contributed by atoms with E-state index in [-0.39, 0.29) is 6.42 Å². The summed E-state index contributed by atoms with van der Waals surface area (Å²) in [4.78, 5) is 10.8. The number of carboxylic acids is 1. The predicted octanol–water partition coefficient (Wildman–Crippen LogP) is 1.92. The zero-order valence-electron chi connectivity index (χ0n) is 10.1. The lowest BCUT2D eigenvalue weighted by molar-refractivity contribution is -0.138. The molecule has 0 aliphatic carbocycles. The molecule has 0 saturated carbocycles. The number of hydrogen-bond acceptors (Lipinski definition) is 3. The minimum atomic E-state index is -1.04. The van der Waals surface area contributed by atoms with E-state index in [0.717, 1.165) is 16.7 Å². The number of carboxylic acid groups (broad SMARTS) is 1. The highest BCUT2D eigenvalue weighted by Gasteiger charge is 2.19. The van der Waals surface area contributed by atoms with Gasteiger partial charge < -0.3 is 15.6 Å². The second kappa shape index (κ2) is 5.38. The second-order valence-corrected chi connectivity index (χ2v) is 4.36. The fourth-order valence-corrected chi connectivity index (χ4v) is 1.99. The first-order valence-corrected chi connectivity index (χ1v) is 5.57. The summed E-state index contributed by atoms with van der Waals surface area (Å²) in [6.07, 6.45) is 0.199. The van der Waals surface area contributed by atoms with Crippen molar-refractivity contribution in [1.82, 2.24) is 0 Å². The van der Waals surface area contributed by atoms with E-state index >= 15 is 0 Å². The third-order valence-corrected chi connectivity index (χ3v) is 3.14. The maximum atomic E-state index is 10.8. The van der Waals surface area contributed by atoms with Gasteiger partial charge in [0.2, 0.25) is 0 Å². The lowest BCUT2D eigenvalue weighted by Crippen LogP contribution is -2.32. The monoisotopic (exact) mass is 257 g/mol. The minimum absolute atomic E-state index is 0.199. The van der Waals surface area contributed by atoms with E-state index in [1.165, 1.54) is 7.11 Å². The number of halogens is 1. The molecule has 1 aromatic rings. The zero-order chi connectivity index (χ0) is 13.2. The highest BCUT2D eigenvalue weighted by atomic mass is 35.5. The number of carbonyl (C=O) groups is 1. The topological polar surface area (TPSA) is 72.5 Å². The molecule has 0 amide bonds. The Balaban J connectivity index is 3.22. The third-order valence-electron chi connectivity index (χ3n) is 2.67. The summed E-state index contributed by atoms with van der Waals surface area (Å²) < 4.78 is 5.24. The van der Waals surface area contributed by atoms with Gasteiger partial charge in [0.25, 0.3) is 0 Å². The average Bonchev–Trinajstić information content (AvgIpc) is 2.26. The Hall–Kier alpha value is -1.26. The van der Waals surface area contributed by atoms with Crippen LogP contribution < -0.4 is 10.5 Å². The zero-order valence-corrected chi connectivity index (χ0v) is 10.8. The van der Waals surface area contributed by atoms with E-state index in [4.69, 9.17) is 27.2 Å². The van der Waals surface area contributed by atoms with Gasteiger partial charge in [0.15, 0.2) is 0 Å². The molecule has 0 aliphatic heterocycles. The van der Waals surface area contributed by atoms with E-state index in [0.29, 0.717) is 10.8 Å². The molecule has 5 heteroatoms. The molecule has 4 nitrogen and oxygen atoms in total. The molecular formula is C12H16ClNO3. The van der Waals surface area contributed by atoms with Gasteiger partial charge in [0, 0.05) is 12.0 Å². The van der Waals surface area contributed by atoms with Gasteiger partial charge >= 0.3 is 5.97 Å². The number of aliphatic carboxylic acids is 1. The summed E-state index contributed by atoms with van der Waals surface area (Å²) in [6, 6.07) is 0.941. The molecule has 0 aromatic heterocycles. The highest BCUT2D eigenvalue weighted by molar-refractivity contribution is 6.33. The minimum Gasteiger partial charge on any atom is -0.495 e. The van der Waals surface area contributed by atoms with Crippen molar-refractivity contribution in [3.63, 3.8) is 0 Å². The fraction of sp³-hybridized carbons (Fsp3) is 0.417. The van der Waals surface area contributed by atoms with E-state index in [1.807, 2.05) is 19.9 Å². The number of hydrogen-bond donors (Lipinski definition) is 2. The predicted molar refractivity (Wildman–Crippen MR) is 66.8 cm³/mol. The van der Waals surface area contributed by atoms with Gasteiger partial charge in [-0.15, -0.1) is 0 Å². The van der Waals surface area contributed by atoms with Crippen LogP contribution in [0.15, 0.2) is 6.07 Å². The van der Waals surface area contributed by atoms with Crippen LogP contribution in [0.25, 0.3) is 0 Å². The van der Waals surface area contributed by atoms with Crippen LogP contribution in [-0.2, 0) is 11.2 Å². The largest absolute Gasteiger partial charge is 0.495 e. The van der Waals surface area contributed by atoms with Crippen LogP contribution in [0.1, 0.15) is 16.7 Å². The van der Waals surface area contributed by atoms with Crippen LogP contribution >= 0.6 is 11.6 Å². The Morgan fingerprint density at radius 3 is 2.59 bits per heavy atom. The molecule has 0 fully saturated rings. The SMILES string of the molecule is COc1c(Cl)c(C)cc(C)c1CC(N)C(=O)O. The van der Waals surface area contributed by atoms with Crippen molar-refractivity contribution in [3.8, 4) is 5.75 Å². The molecule has 1 aromatic carbocycles. The number of nitrogens with two attached hydrogens (primary N) is 1. The molecule has 1 atom stereocenters. The Morgan fingerprint density at radius 2 is 2.12 bits per heavy atom. The number of ether oxygens (including phenoxy) is 1. The number of rotatable bonds is 4. The van der Waals surface area contributed by atoms with Crippen molar-refractivity contribution in [2.24, 2.45) is 5.73 Å². The first kappa shape index (κ1) is 13.8. The van der Waals surface area contributed by atoms with E-state index in [9.17, 15) is 4.79 Å². The van der Waals surface area contributed by atoms with Gasteiger partial charge in [-0.05, 0) is 25.0 Å². The van der Waals surface area contributed by atoms with Gasteiger partial charge in [-0.1, -0.05) is 17.7 Å². The van der Waals surface area contributed by atoms with Crippen LogP contribution in [0, 0.1) is 13.8 Å². The van der Waals surface area contributed by atoms with Crippen LogP contribution in [0.4, 0.5) is 0 Å². The van der Waals surface area contributed by atoms with Crippen LogP contribution in [0.3, 0.4) is 0 Å². The van der Waals surface area contributed by atoms with Crippen molar-refractivity contribution in [2.45, 2.75) is 26.3 Å². The number of benzene rings is 1. The third kappa shape index (κ3) is 2.90. The Morgan fingerprint density at radius 1 is 1.53 bits per heavy atom. The Labute approximate surface area is 105 Å².